The van der Waals surface area contributed by atoms with E-state index in [-0.39, 0.29) is 26.9 Å². The Hall–Kier alpha value is -3.63. The van der Waals surface area contributed by atoms with Gasteiger partial charge in [0.1, 0.15) is 11.6 Å². The number of rotatable bonds is 8. The fourth-order valence-electron chi connectivity index (χ4n) is 2.71. The van der Waals surface area contributed by atoms with Gasteiger partial charge in [0, 0.05) is 0 Å². The maximum atomic E-state index is 13.1. The van der Waals surface area contributed by atoms with E-state index >= 15 is 0 Å². The van der Waals surface area contributed by atoms with E-state index in [0.29, 0.717) is 5.75 Å². The summed E-state index contributed by atoms with van der Waals surface area (Å²) in [4.78, 5) is 24.2. The zero-order chi connectivity index (χ0) is 24.0. The third kappa shape index (κ3) is 6.21. The second-order valence-electron chi connectivity index (χ2n) is 6.58. The largest absolute Gasteiger partial charge is 0.495 e. The average molecular weight is 493 g/mol. The minimum Gasteiger partial charge on any atom is -0.495 e. The summed E-state index contributed by atoms with van der Waals surface area (Å²) in [5, 5.41) is 2.37. The number of para-hydroxylation sites is 2. The van der Waals surface area contributed by atoms with Crippen molar-refractivity contribution in [3.8, 4) is 5.75 Å². The molecule has 0 heterocycles. The molecule has 3 aromatic rings. The highest BCUT2D eigenvalue weighted by Crippen LogP contribution is 2.26. The molecule has 2 N–H and O–H groups in total. The zero-order valence-corrected chi connectivity index (χ0v) is 18.7. The highest BCUT2D eigenvalue weighted by atomic mass is 35.5. The number of nitrogens with one attached hydrogen (secondary N) is 2. The van der Waals surface area contributed by atoms with Crippen molar-refractivity contribution in [1.82, 2.24) is 0 Å². The molecule has 172 valence electrons. The lowest BCUT2D eigenvalue weighted by molar-refractivity contribution is -0.119. The van der Waals surface area contributed by atoms with Gasteiger partial charge in [-0.1, -0.05) is 29.8 Å². The Bertz CT molecular complexity index is 1300. The SMILES string of the molecule is COc1ccccc1NS(=O)(=O)c1cccc(C(=O)OCC(=O)Nc2ccc(F)cc2Cl)c1. The summed E-state index contributed by atoms with van der Waals surface area (Å²) < 4.78 is 51.1. The van der Waals surface area contributed by atoms with Gasteiger partial charge >= 0.3 is 5.97 Å². The lowest BCUT2D eigenvalue weighted by Gasteiger charge is -2.12. The molecular formula is C22H18ClFN2O6S. The van der Waals surface area contributed by atoms with Crippen LogP contribution < -0.4 is 14.8 Å². The number of hydrogen-bond donors (Lipinski definition) is 2. The molecule has 0 saturated heterocycles. The van der Waals surface area contributed by atoms with Crippen molar-refractivity contribution in [2.45, 2.75) is 4.90 Å². The van der Waals surface area contributed by atoms with Gasteiger partial charge in [0.25, 0.3) is 15.9 Å². The van der Waals surface area contributed by atoms with Gasteiger partial charge in [0.2, 0.25) is 0 Å². The number of amides is 1. The molecule has 8 nitrogen and oxygen atoms in total. The van der Waals surface area contributed by atoms with Crippen molar-refractivity contribution < 1.29 is 31.9 Å². The Morgan fingerprint density at radius 2 is 1.76 bits per heavy atom. The van der Waals surface area contributed by atoms with E-state index in [2.05, 4.69) is 10.0 Å². The standard InChI is InChI=1S/C22H18ClFN2O6S/c1-31-20-8-3-2-7-19(20)26-33(29,30)16-6-4-5-14(11-16)22(28)32-13-21(27)25-18-10-9-15(24)12-17(18)23/h2-12,26H,13H2,1H3,(H,25,27). The molecule has 0 aliphatic carbocycles. The van der Waals surface area contributed by atoms with Crippen LogP contribution in [-0.4, -0.2) is 34.0 Å². The summed E-state index contributed by atoms with van der Waals surface area (Å²) in [6, 6.07) is 15.0. The quantitative estimate of drug-likeness (QED) is 0.458. The summed E-state index contributed by atoms with van der Waals surface area (Å²) in [6.45, 7) is -0.664. The second kappa shape index (κ2) is 10.3. The molecule has 0 saturated carbocycles. The van der Waals surface area contributed by atoms with E-state index in [1.165, 1.54) is 37.4 Å². The summed E-state index contributed by atoms with van der Waals surface area (Å²) in [5.41, 5.74) is 0.296. The Morgan fingerprint density at radius 1 is 1.00 bits per heavy atom. The molecule has 33 heavy (non-hydrogen) atoms. The first-order valence-corrected chi connectivity index (χ1v) is 11.2. The molecular weight excluding hydrogens is 475 g/mol. The first kappa shape index (κ1) is 24.0. The van der Waals surface area contributed by atoms with E-state index in [9.17, 15) is 22.4 Å². The van der Waals surface area contributed by atoms with E-state index < -0.39 is 34.3 Å². The lowest BCUT2D eigenvalue weighted by atomic mass is 10.2. The van der Waals surface area contributed by atoms with Crippen LogP contribution in [0, 0.1) is 5.82 Å². The van der Waals surface area contributed by atoms with Crippen LogP contribution in [0.3, 0.4) is 0 Å². The molecule has 0 spiro atoms. The summed E-state index contributed by atoms with van der Waals surface area (Å²) in [7, 11) is -2.64. The minimum absolute atomic E-state index is 0.0184. The zero-order valence-electron chi connectivity index (χ0n) is 17.2. The molecule has 0 bridgehead atoms. The smallest absolute Gasteiger partial charge is 0.338 e. The predicted molar refractivity (Wildman–Crippen MR) is 121 cm³/mol. The van der Waals surface area contributed by atoms with Crippen LogP contribution in [0.2, 0.25) is 5.02 Å². The molecule has 0 unspecified atom stereocenters. The number of benzene rings is 3. The van der Waals surface area contributed by atoms with Crippen LogP contribution in [-0.2, 0) is 19.6 Å². The fourth-order valence-corrected chi connectivity index (χ4v) is 4.04. The second-order valence-corrected chi connectivity index (χ2v) is 8.67. The van der Waals surface area contributed by atoms with E-state index in [1.54, 1.807) is 18.2 Å². The van der Waals surface area contributed by atoms with Gasteiger partial charge < -0.3 is 14.8 Å². The van der Waals surface area contributed by atoms with Crippen molar-refractivity contribution in [3.05, 3.63) is 83.1 Å². The monoisotopic (exact) mass is 492 g/mol. The first-order valence-electron chi connectivity index (χ1n) is 9.37. The van der Waals surface area contributed by atoms with Crippen molar-refractivity contribution in [2.24, 2.45) is 0 Å². The summed E-state index contributed by atoms with van der Waals surface area (Å²) in [5.74, 6) is -1.87. The van der Waals surface area contributed by atoms with Crippen LogP contribution in [0.5, 0.6) is 5.75 Å². The van der Waals surface area contributed by atoms with Crippen LogP contribution in [0.15, 0.2) is 71.6 Å². The average Bonchev–Trinajstić information content (AvgIpc) is 2.79. The maximum absolute atomic E-state index is 13.1. The van der Waals surface area contributed by atoms with Crippen molar-refractivity contribution in [1.29, 1.82) is 0 Å². The molecule has 0 radical (unpaired) electrons. The summed E-state index contributed by atoms with van der Waals surface area (Å²) >= 11 is 5.84. The van der Waals surface area contributed by atoms with Gasteiger partial charge in [-0.15, -0.1) is 0 Å². The number of anilines is 2. The number of ether oxygens (including phenoxy) is 2. The van der Waals surface area contributed by atoms with Crippen LogP contribution >= 0.6 is 11.6 Å². The molecule has 0 aliphatic heterocycles. The number of methoxy groups -OCH3 is 1. The number of sulfonamides is 1. The van der Waals surface area contributed by atoms with Gasteiger partial charge in [-0.05, 0) is 48.5 Å². The predicted octanol–water partition coefficient (Wildman–Crippen LogP) is 4.08. The minimum atomic E-state index is -4.04. The lowest BCUT2D eigenvalue weighted by Crippen LogP contribution is -2.21. The van der Waals surface area contributed by atoms with Crippen molar-refractivity contribution in [2.75, 3.05) is 23.8 Å². The Morgan fingerprint density at radius 3 is 2.48 bits per heavy atom. The third-order valence-corrected chi connectivity index (χ3v) is 5.95. The van der Waals surface area contributed by atoms with Gasteiger partial charge in [-0.2, -0.15) is 0 Å². The number of carbonyl (C=O) groups is 2. The van der Waals surface area contributed by atoms with Crippen LogP contribution in [0.4, 0.5) is 15.8 Å². The fraction of sp³-hybridized carbons (Fsp3) is 0.0909. The Balaban J connectivity index is 1.67. The number of carbonyl (C=O) groups excluding carboxylic acids is 2. The molecule has 0 fully saturated rings. The molecule has 11 heteroatoms. The normalized spacial score (nSPS) is 10.9. The highest BCUT2D eigenvalue weighted by molar-refractivity contribution is 7.92. The molecule has 1 amide bonds. The van der Waals surface area contributed by atoms with E-state index in [4.69, 9.17) is 21.1 Å². The molecule has 3 rings (SSSR count). The highest BCUT2D eigenvalue weighted by Gasteiger charge is 2.19. The number of halogens is 2. The molecule has 0 atom stereocenters. The van der Waals surface area contributed by atoms with E-state index in [1.807, 2.05) is 0 Å². The van der Waals surface area contributed by atoms with Crippen molar-refractivity contribution in [3.63, 3.8) is 0 Å². The van der Waals surface area contributed by atoms with Gasteiger partial charge in [-0.3, -0.25) is 9.52 Å². The van der Waals surface area contributed by atoms with E-state index in [0.717, 1.165) is 18.2 Å². The van der Waals surface area contributed by atoms with Crippen LogP contribution in [0.1, 0.15) is 10.4 Å². The molecule has 0 aromatic heterocycles. The molecule has 3 aromatic carbocycles. The van der Waals surface area contributed by atoms with Gasteiger partial charge in [0.05, 0.1) is 34.0 Å². The number of esters is 1. The van der Waals surface area contributed by atoms with Crippen LogP contribution in [0.25, 0.3) is 0 Å². The topological polar surface area (TPSA) is 111 Å². The Labute approximate surface area is 194 Å². The first-order chi connectivity index (χ1) is 15.7. The van der Waals surface area contributed by atoms with Gasteiger partial charge in [-0.25, -0.2) is 17.6 Å². The Kier molecular flexibility index (Phi) is 7.52. The van der Waals surface area contributed by atoms with Gasteiger partial charge in [0.15, 0.2) is 6.61 Å². The summed E-state index contributed by atoms with van der Waals surface area (Å²) in [6.07, 6.45) is 0. The third-order valence-electron chi connectivity index (χ3n) is 4.27. The molecule has 0 aliphatic rings. The number of hydrogen-bond acceptors (Lipinski definition) is 6. The maximum Gasteiger partial charge on any atom is 0.338 e. The van der Waals surface area contributed by atoms with Crippen molar-refractivity contribution >= 4 is 44.9 Å².